The fraction of sp³-hybridized carbons (Fsp3) is 0.100. The number of aryl methyl sites for hydroxylation is 1. The van der Waals surface area contributed by atoms with Crippen molar-refractivity contribution >= 4 is 12.2 Å². The predicted octanol–water partition coefficient (Wildman–Crippen LogP) is 4.63. The van der Waals surface area contributed by atoms with Gasteiger partial charge in [0, 0.05) is 5.56 Å². The summed E-state index contributed by atoms with van der Waals surface area (Å²) in [5, 5.41) is 0. The van der Waals surface area contributed by atoms with E-state index in [0.29, 0.717) is 11.6 Å². The Balaban J connectivity index is 2.03. The van der Waals surface area contributed by atoms with Gasteiger partial charge in [-0.05, 0) is 18.6 Å². The second-order valence-corrected chi connectivity index (χ2v) is 5.16. The molecule has 1 heterocycles. The number of rotatable bonds is 4. The second-order valence-electron chi connectivity index (χ2n) is 5.16. The maximum atomic E-state index is 5.50. The van der Waals surface area contributed by atoms with Gasteiger partial charge in [0.25, 0.3) is 0 Å². The second kappa shape index (κ2) is 6.88. The quantitative estimate of drug-likeness (QED) is 0.704. The third-order valence-corrected chi connectivity index (χ3v) is 3.53. The molecule has 0 spiro atoms. The Labute approximate surface area is 136 Å². The van der Waals surface area contributed by atoms with E-state index < -0.39 is 0 Å². The number of aromatic nitrogens is 2. The molecule has 0 saturated carbocycles. The molecule has 0 aliphatic heterocycles. The van der Waals surface area contributed by atoms with E-state index in [4.69, 9.17) is 4.74 Å². The summed E-state index contributed by atoms with van der Waals surface area (Å²) in [5.74, 6) is 1.39. The third kappa shape index (κ3) is 3.46. The maximum Gasteiger partial charge on any atom is 0.166 e. The first-order chi connectivity index (χ1) is 11.3. The van der Waals surface area contributed by atoms with Gasteiger partial charge in [0.1, 0.15) is 5.69 Å². The number of nitrogens with zero attached hydrogens (tertiary/aromatic N) is 2. The molecule has 0 atom stereocenters. The molecule has 0 unspecified atom stereocenters. The van der Waals surface area contributed by atoms with Crippen molar-refractivity contribution in [2.45, 2.75) is 6.92 Å². The van der Waals surface area contributed by atoms with Crippen molar-refractivity contribution in [1.82, 2.24) is 9.97 Å². The summed E-state index contributed by atoms with van der Waals surface area (Å²) in [4.78, 5) is 9.19. The van der Waals surface area contributed by atoms with E-state index >= 15 is 0 Å². The summed E-state index contributed by atoms with van der Waals surface area (Å²) >= 11 is 0. The summed E-state index contributed by atoms with van der Waals surface area (Å²) in [6.07, 6.45) is 3.93. The number of benzene rings is 2. The minimum absolute atomic E-state index is 0.672. The van der Waals surface area contributed by atoms with Crippen LogP contribution in [0.2, 0.25) is 0 Å². The van der Waals surface area contributed by atoms with Gasteiger partial charge in [-0.1, -0.05) is 66.7 Å². The topological polar surface area (TPSA) is 35.0 Å². The van der Waals surface area contributed by atoms with Gasteiger partial charge in [-0.2, -0.15) is 0 Å². The van der Waals surface area contributed by atoms with E-state index in [1.807, 2.05) is 79.7 Å². The van der Waals surface area contributed by atoms with Crippen LogP contribution in [-0.2, 0) is 0 Å². The van der Waals surface area contributed by atoms with E-state index in [1.54, 1.807) is 7.11 Å². The van der Waals surface area contributed by atoms with Gasteiger partial charge in [-0.3, -0.25) is 0 Å². The highest BCUT2D eigenvalue weighted by Gasteiger charge is 2.12. The van der Waals surface area contributed by atoms with Crippen LogP contribution >= 0.6 is 0 Å². The average molecular weight is 302 g/mol. The average Bonchev–Trinajstić information content (AvgIpc) is 2.61. The van der Waals surface area contributed by atoms with Crippen molar-refractivity contribution in [3.05, 3.63) is 77.7 Å². The normalized spacial score (nSPS) is 10.9. The van der Waals surface area contributed by atoms with Crippen LogP contribution < -0.4 is 4.74 Å². The highest BCUT2D eigenvalue weighted by molar-refractivity contribution is 5.71. The number of hydrogen-bond acceptors (Lipinski definition) is 3. The van der Waals surface area contributed by atoms with Crippen LogP contribution in [0.4, 0.5) is 0 Å². The van der Waals surface area contributed by atoms with Gasteiger partial charge >= 0.3 is 0 Å². The predicted molar refractivity (Wildman–Crippen MR) is 94.1 cm³/mol. The van der Waals surface area contributed by atoms with Gasteiger partial charge in [0.05, 0.1) is 12.8 Å². The lowest BCUT2D eigenvalue weighted by molar-refractivity contribution is 0.409. The molecule has 3 aromatic rings. The molecule has 23 heavy (non-hydrogen) atoms. The molecule has 0 saturated heterocycles. The molecule has 3 nitrogen and oxygen atoms in total. The molecule has 0 N–H and O–H groups in total. The Hall–Kier alpha value is -2.94. The van der Waals surface area contributed by atoms with Crippen LogP contribution in [0.25, 0.3) is 23.4 Å². The number of methoxy groups -OCH3 is 1. The van der Waals surface area contributed by atoms with Crippen LogP contribution in [0.5, 0.6) is 5.75 Å². The summed E-state index contributed by atoms with van der Waals surface area (Å²) < 4.78 is 5.50. The Morgan fingerprint density at radius 2 is 1.48 bits per heavy atom. The van der Waals surface area contributed by atoms with E-state index in [2.05, 4.69) is 9.97 Å². The van der Waals surface area contributed by atoms with Crippen LogP contribution in [0, 0.1) is 6.92 Å². The van der Waals surface area contributed by atoms with Crippen molar-refractivity contribution in [2.75, 3.05) is 7.11 Å². The summed E-state index contributed by atoms with van der Waals surface area (Å²) in [7, 11) is 1.65. The summed E-state index contributed by atoms with van der Waals surface area (Å²) in [6.45, 7) is 1.94. The molecule has 0 aliphatic rings. The fourth-order valence-corrected chi connectivity index (χ4v) is 2.43. The molecule has 2 aromatic carbocycles. The first-order valence-electron chi connectivity index (χ1n) is 7.49. The Kier molecular flexibility index (Phi) is 4.48. The first-order valence-corrected chi connectivity index (χ1v) is 7.49. The Morgan fingerprint density at radius 1 is 0.826 bits per heavy atom. The maximum absolute atomic E-state index is 5.50. The van der Waals surface area contributed by atoms with Crippen molar-refractivity contribution in [1.29, 1.82) is 0 Å². The van der Waals surface area contributed by atoms with Gasteiger partial charge in [-0.15, -0.1) is 0 Å². The van der Waals surface area contributed by atoms with Gasteiger partial charge in [-0.25, -0.2) is 9.97 Å². The molecule has 0 radical (unpaired) electrons. The summed E-state index contributed by atoms with van der Waals surface area (Å²) in [5.41, 5.74) is 3.78. The molecule has 0 fully saturated rings. The molecular weight excluding hydrogens is 284 g/mol. The molecule has 3 heteroatoms. The van der Waals surface area contributed by atoms with E-state index in [9.17, 15) is 0 Å². The molecule has 0 amide bonds. The van der Waals surface area contributed by atoms with Crippen LogP contribution in [0.1, 0.15) is 17.1 Å². The smallest absolute Gasteiger partial charge is 0.166 e. The van der Waals surface area contributed by atoms with Crippen molar-refractivity contribution in [2.24, 2.45) is 0 Å². The SMILES string of the molecule is COc1c(C)nc(/C=C/c2ccccc2)nc1-c1ccccc1. The third-order valence-electron chi connectivity index (χ3n) is 3.53. The zero-order valence-electron chi connectivity index (χ0n) is 13.2. The van der Waals surface area contributed by atoms with Crippen LogP contribution in [0.15, 0.2) is 60.7 Å². The Bertz CT molecular complexity index is 812. The number of ether oxygens (including phenoxy) is 1. The highest BCUT2D eigenvalue weighted by Crippen LogP contribution is 2.30. The summed E-state index contributed by atoms with van der Waals surface area (Å²) in [6, 6.07) is 20.1. The molecular formula is C20H18N2O. The monoisotopic (exact) mass is 302 g/mol. The zero-order chi connectivity index (χ0) is 16.1. The zero-order valence-corrected chi connectivity index (χ0v) is 13.2. The van der Waals surface area contributed by atoms with E-state index in [-0.39, 0.29) is 0 Å². The minimum Gasteiger partial charge on any atom is -0.493 e. The molecule has 114 valence electrons. The number of hydrogen-bond donors (Lipinski definition) is 0. The lowest BCUT2D eigenvalue weighted by Crippen LogP contribution is -2.00. The van der Waals surface area contributed by atoms with Crippen molar-refractivity contribution in [3.8, 4) is 17.0 Å². The van der Waals surface area contributed by atoms with Crippen molar-refractivity contribution in [3.63, 3.8) is 0 Å². The molecule has 1 aromatic heterocycles. The lowest BCUT2D eigenvalue weighted by Gasteiger charge is -2.11. The van der Waals surface area contributed by atoms with Gasteiger partial charge < -0.3 is 4.74 Å². The van der Waals surface area contributed by atoms with Gasteiger partial charge in [0.15, 0.2) is 11.6 Å². The van der Waals surface area contributed by atoms with E-state index in [1.165, 1.54) is 0 Å². The standard InChI is InChI=1S/C20H18N2O/c1-15-20(23-2)19(17-11-7-4-8-12-17)22-18(21-15)14-13-16-9-5-3-6-10-16/h3-14H,1-2H3/b14-13+. The highest BCUT2D eigenvalue weighted by atomic mass is 16.5. The first kappa shape index (κ1) is 15.0. The molecule has 0 aliphatic carbocycles. The van der Waals surface area contributed by atoms with Gasteiger partial charge in [0.2, 0.25) is 0 Å². The Morgan fingerprint density at radius 3 is 2.13 bits per heavy atom. The largest absolute Gasteiger partial charge is 0.493 e. The molecule has 0 bridgehead atoms. The van der Waals surface area contributed by atoms with Crippen LogP contribution in [0.3, 0.4) is 0 Å². The van der Waals surface area contributed by atoms with Crippen LogP contribution in [-0.4, -0.2) is 17.1 Å². The molecule has 3 rings (SSSR count). The fourth-order valence-electron chi connectivity index (χ4n) is 2.43. The minimum atomic E-state index is 0.672. The van der Waals surface area contributed by atoms with E-state index in [0.717, 1.165) is 22.5 Å². The van der Waals surface area contributed by atoms with Crippen molar-refractivity contribution < 1.29 is 4.74 Å². The lowest BCUT2D eigenvalue weighted by atomic mass is 10.1.